The number of allylic oxidation sites excluding steroid dienone is 1. The number of ether oxygens (including phenoxy) is 3. The topological polar surface area (TPSA) is 61.8 Å². The second-order valence-electron chi connectivity index (χ2n) is 7.58. The minimum atomic E-state index is -2.35. The summed E-state index contributed by atoms with van der Waals surface area (Å²) in [6.07, 6.45) is 1.56. The van der Waals surface area contributed by atoms with Crippen LogP contribution in [0.3, 0.4) is 0 Å². The molecule has 3 aromatic rings. The molecule has 35 heavy (non-hydrogen) atoms. The van der Waals surface area contributed by atoms with Gasteiger partial charge in [0, 0.05) is 5.56 Å². The smallest absolute Gasteiger partial charge is 0.349 e. The van der Waals surface area contributed by atoms with Gasteiger partial charge in [-0.2, -0.15) is 8.78 Å². The Bertz CT molecular complexity index is 1370. The van der Waals surface area contributed by atoms with Crippen molar-refractivity contribution in [3.63, 3.8) is 0 Å². The highest BCUT2D eigenvalue weighted by molar-refractivity contribution is 6.15. The summed E-state index contributed by atoms with van der Waals surface area (Å²) in [4.78, 5) is 24.8. The number of aryl methyl sites for hydroxylation is 1. The van der Waals surface area contributed by atoms with E-state index in [-0.39, 0.29) is 34.2 Å². The standard InChI is InChI=1S/C25H15F5O5/c1-11-3-5-13(6-4-11)9-16-23(32)14-7-8-15(12(2)24(14)35-16)34-17(31)10-33-25-21(29)19(27)18(26)20(28)22(25)30/h3-9H,10H2,1-2H3/b16-9-. The van der Waals surface area contributed by atoms with Crippen molar-refractivity contribution in [3.05, 3.63) is 93.5 Å². The summed E-state index contributed by atoms with van der Waals surface area (Å²) in [5, 5.41) is 0. The first kappa shape index (κ1) is 23.9. The molecule has 0 bridgehead atoms. The fourth-order valence-corrected chi connectivity index (χ4v) is 3.29. The van der Waals surface area contributed by atoms with Crippen LogP contribution >= 0.6 is 0 Å². The molecular weight excluding hydrogens is 475 g/mol. The zero-order valence-corrected chi connectivity index (χ0v) is 18.2. The number of halogens is 5. The number of hydrogen-bond acceptors (Lipinski definition) is 5. The molecule has 0 amide bonds. The molecule has 0 unspecified atom stereocenters. The zero-order valence-electron chi connectivity index (χ0n) is 18.2. The molecule has 4 rings (SSSR count). The molecular formula is C25H15F5O5. The number of fused-ring (bicyclic) bond motifs is 1. The van der Waals surface area contributed by atoms with E-state index in [4.69, 9.17) is 9.47 Å². The molecule has 0 aromatic heterocycles. The van der Waals surface area contributed by atoms with Gasteiger partial charge in [-0.3, -0.25) is 4.79 Å². The predicted molar refractivity (Wildman–Crippen MR) is 113 cm³/mol. The molecule has 0 N–H and O–H groups in total. The number of esters is 1. The lowest BCUT2D eigenvalue weighted by Crippen LogP contribution is -2.20. The molecule has 3 aromatic carbocycles. The van der Waals surface area contributed by atoms with E-state index in [2.05, 4.69) is 4.74 Å². The van der Waals surface area contributed by atoms with Gasteiger partial charge >= 0.3 is 5.97 Å². The van der Waals surface area contributed by atoms with Crippen molar-refractivity contribution in [1.29, 1.82) is 0 Å². The highest BCUT2D eigenvalue weighted by atomic mass is 19.2. The van der Waals surface area contributed by atoms with Crippen LogP contribution in [0.4, 0.5) is 22.0 Å². The van der Waals surface area contributed by atoms with Gasteiger partial charge < -0.3 is 14.2 Å². The number of carbonyl (C=O) groups excluding carboxylic acids is 2. The maximum atomic E-state index is 13.7. The van der Waals surface area contributed by atoms with E-state index >= 15 is 0 Å². The first-order chi connectivity index (χ1) is 16.6. The highest BCUT2D eigenvalue weighted by Crippen LogP contribution is 2.39. The predicted octanol–water partition coefficient (Wildman–Crippen LogP) is 5.60. The van der Waals surface area contributed by atoms with Gasteiger partial charge in [-0.15, -0.1) is 0 Å². The minimum absolute atomic E-state index is 0.0563. The van der Waals surface area contributed by atoms with E-state index in [1.807, 2.05) is 31.2 Å². The number of carbonyl (C=O) groups is 2. The van der Waals surface area contributed by atoms with E-state index in [1.165, 1.54) is 19.1 Å². The van der Waals surface area contributed by atoms with Crippen molar-refractivity contribution in [2.75, 3.05) is 6.61 Å². The summed E-state index contributed by atoms with van der Waals surface area (Å²) < 4.78 is 82.3. The van der Waals surface area contributed by atoms with Crippen molar-refractivity contribution < 1.29 is 45.8 Å². The molecule has 1 aliphatic heterocycles. The fourth-order valence-electron chi connectivity index (χ4n) is 3.29. The summed E-state index contributed by atoms with van der Waals surface area (Å²) in [5.41, 5.74) is 2.29. The van der Waals surface area contributed by atoms with Crippen LogP contribution in [0.5, 0.6) is 17.2 Å². The lowest BCUT2D eigenvalue weighted by atomic mass is 10.1. The second-order valence-corrected chi connectivity index (χ2v) is 7.58. The van der Waals surface area contributed by atoms with E-state index in [0.29, 0.717) is 0 Å². The third-order valence-electron chi connectivity index (χ3n) is 5.14. The van der Waals surface area contributed by atoms with Gasteiger partial charge in [0.2, 0.25) is 34.9 Å². The maximum absolute atomic E-state index is 13.7. The Kier molecular flexibility index (Phi) is 6.29. The summed E-state index contributed by atoms with van der Waals surface area (Å²) in [6, 6.07) is 10.0. The Balaban J connectivity index is 1.50. The maximum Gasteiger partial charge on any atom is 0.349 e. The SMILES string of the molecule is Cc1ccc(/C=C2\Oc3c(ccc(OC(=O)COc4c(F)c(F)c(F)c(F)c4F)c3C)C2=O)cc1. The minimum Gasteiger partial charge on any atom is -0.476 e. The van der Waals surface area contributed by atoms with Crippen molar-refractivity contribution in [2.45, 2.75) is 13.8 Å². The molecule has 0 saturated heterocycles. The first-order valence-corrected chi connectivity index (χ1v) is 10.1. The molecule has 0 saturated carbocycles. The van der Waals surface area contributed by atoms with Gasteiger partial charge in [-0.05, 0) is 37.6 Å². The lowest BCUT2D eigenvalue weighted by molar-refractivity contribution is -0.136. The van der Waals surface area contributed by atoms with Gasteiger partial charge in [0.25, 0.3) is 0 Å². The Hall–Kier alpha value is -4.21. The third kappa shape index (κ3) is 4.46. The van der Waals surface area contributed by atoms with Crippen LogP contribution in [0, 0.1) is 42.9 Å². The van der Waals surface area contributed by atoms with Crippen LogP contribution in [0.1, 0.15) is 27.0 Å². The fraction of sp³-hybridized carbons (Fsp3) is 0.120. The second kappa shape index (κ2) is 9.21. The Labute approximate surface area is 195 Å². The van der Waals surface area contributed by atoms with Crippen LogP contribution in [-0.2, 0) is 4.79 Å². The van der Waals surface area contributed by atoms with Crippen LogP contribution in [0.2, 0.25) is 0 Å². The first-order valence-electron chi connectivity index (χ1n) is 10.1. The summed E-state index contributed by atoms with van der Waals surface area (Å²) in [7, 11) is 0. The molecule has 0 atom stereocenters. The van der Waals surface area contributed by atoms with Crippen LogP contribution in [0.25, 0.3) is 6.08 Å². The van der Waals surface area contributed by atoms with Gasteiger partial charge in [-0.25, -0.2) is 18.0 Å². The van der Waals surface area contributed by atoms with Crippen molar-refractivity contribution in [1.82, 2.24) is 0 Å². The number of ketones is 1. The number of benzene rings is 3. The summed E-state index contributed by atoms with van der Waals surface area (Å²) in [5.74, 6) is -14.2. The normalized spacial score (nSPS) is 13.6. The Morgan fingerprint density at radius 2 is 1.49 bits per heavy atom. The molecule has 0 spiro atoms. The van der Waals surface area contributed by atoms with Gasteiger partial charge in [-0.1, -0.05) is 29.8 Å². The van der Waals surface area contributed by atoms with Crippen LogP contribution in [-0.4, -0.2) is 18.4 Å². The van der Waals surface area contributed by atoms with E-state index in [9.17, 15) is 31.5 Å². The molecule has 10 heteroatoms. The summed E-state index contributed by atoms with van der Waals surface area (Å²) >= 11 is 0. The average Bonchev–Trinajstić information content (AvgIpc) is 3.15. The van der Waals surface area contributed by atoms with Crippen molar-refractivity contribution >= 4 is 17.8 Å². The quantitative estimate of drug-likeness (QED) is 0.116. The van der Waals surface area contributed by atoms with Crippen molar-refractivity contribution in [3.8, 4) is 17.2 Å². The van der Waals surface area contributed by atoms with Gasteiger partial charge in [0.1, 0.15) is 11.5 Å². The van der Waals surface area contributed by atoms with E-state index < -0.39 is 47.4 Å². The lowest BCUT2D eigenvalue weighted by Gasteiger charge is -2.12. The van der Waals surface area contributed by atoms with Crippen LogP contribution in [0.15, 0.2) is 42.2 Å². The third-order valence-corrected chi connectivity index (χ3v) is 5.14. The molecule has 5 nitrogen and oxygen atoms in total. The molecule has 180 valence electrons. The average molecular weight is 490 g/mol. The van der Waals surface area contributed by atoms with Gasteiger partial charge in [0.05, 0.1) is 5.56 Å². The number of hydrogen-bond donors (Lipinski definition) is 0. The molecule has 1 aliphatic rings. The largest absolute Gasteiger partial charge is 0.476 e. The Morgan fingerprint density at radius 3 is 2.11 bits per heavy atom. The molecule has 0 fully saturated rings. The van der Waals surface area contributed by atoms with E-state index in [1.54, 1.807) is 6.08 Å². The molecule has 0 radical (unpaired) electrons. The summed E-state index contributed by atoms with van der Waals surface area (Å²) in [6.45, 7) is 2.27. The van der Waals surface area contributed by atoms with Crippen LogP contribution < -0.4 is 14.2 Å². The molecule has 1 heterocycles. The number of rotatable bonds is 5. The number of Topliss-reactive ketones (excluding diaryl/α,β-unsaturated/α-hetero) is 1. The zero-order chi connectivity index (χ0) is 25.4. The van der Waals surface area contributed by atoms with Crippen molar-refractivity contribution in [2.24, 2.45) is 0 Å². The monoisotopic (exact) mass is 490 g/mol. The van der Waals surface area contributed by atoms with E-state index in [0.717, 1.165) is 11.1 Å². The Morgan fingerprint density at radius 1 is 0.886 bits per heavy atom. The highest BCUT2D eigenvalue weighted by Gasteiger charge is 2.31. The van der Waals surface area contributed by atoms with Gasteiger partial charge in [0.15, 0.2) is 18.1 Å². The molecule has 0 aliphatic carbocycles.